The van der Waals surface area contributed by atoms with Gasteiger partial charge in [0.15, 0.2) is 0 Å². The van der Waals surface area contributed by atoms with E-state index >= 15 is 0 Å². The van der Waals surface area contributed by atoms with E-state index in [-0.39, 0.29) is 5.56 Å². The molecule has 1 N–H and O–H groups in total. The molecule has 0 spiro atoms. The Morgan fingerprint density at radius 3 is 2.85 bits per heavy atom. The number of hydrogen-bond acceptors (Lipinski definition) is 3. The van der Waals surface area contributed by atoms with Crippen LogP contribution >= 0.6 is 0 Å². The van der Waals surface area contributed by atoms with Crippen molar-refractivity contribution < 1.29 is 0 Å². The molecular formula is C15H12N4O. The van der Waals surface area contributed by atoms with Crippen molar-refractivity contribution in [3.05, 3.63) is 51.9 Å². The standard InChI is InChI=1S/C15H12N4O/c1-9-14(11-5-3-4-6-12(11)17-9)15-10(8-16)7-13(20)19(2)18-15/h3-7,17H,1-2H3. The predicted octanol–water partition coefficient (Wildman–Crippen LogP) is 2.11. The number of aryl methyl sites for hydroxylation is 2. The van der Waals surface area contributed by atoms with Crippen molar-refractivity contribution >= 4 is 10.9 Å². The van der Waals surface area contributed by atoms with Gasteiger partial charge in [-0.2, -0.15) is 10.4 Å². The van der Waals surface area contributed by atoms with E-state index in [2.05, 4.69) is 16.2 Å². The van der Waals surface area contributed by atoms with Gasteiger partial charge in [0.1, 0.15) is 11.8 Å². The van der Waals surface area contributed by atoms with Gasteiger partial charge in [0.25, 0.3) is 5.56 Å². The summed E-state index contributed by atoms with van der Waals surface area (Å²) in [6.07, 6.45) is 0. The third-order valence-corrected chi connectivity index (χ3v) is 3.34. The third-order valence-electron chi connectivity index (χ3n) is 3.34. The third kappa shape index (κ3) is 1.70. The first-order chi connectivity index (χ1) is 9.61. The van der Waals surface area contributed by atoms with Gasteiger partial charge in [0.2, 0.25) is 0 Å². The number of nitrogens with one attached hydrogen (secondary N) is 1. The van der Waals surface area contributed by atoms with E-state index in [1.165, 1.54) is 10.7 Å². The Labute approximate surface area is 115 Å². The highest BCUT2D eigenvalue weighted by atomic mass is 16.1. The van der Waals surface area contributed by atoms with Crippen LogP contribution in [0.5, 0.6) is 0 Å². The van der Waals surface area contributed by atoms with Crippen molar-refractivity contribution in [2.75, 3.05) is 0 Å². The molecule has 0 saturated carbocycles. The van der Waals surface area contributed by atoms with Crippen molar-refractivity contribution in [3.8, 4) is 17.3 Å². The molecule has 0 aliphatic carbocycles. The van der Waals surface area contributed by atoms with Crippen LogP contribution in [0.15, 0.2) is 35.1 Å². The largest absolute Gasteiger partial charge is 0.358 e. The molecular weight excluding hydrogens is 252 g/mol. The number of rotatable bonds is 1. The summed E-state index contributed by atoms with van der Waals surface area (Å²) in [6.45, 7) is 1.93. The Bertz CT molecular complexity index is 912. The highest BCUT2D eigenvalue weighted by molar-refractivity contribution is 5.97. The minimum atomic E-state index is -0.289. The number of hydrogen-bond donors (Lipinski definition) is 1. The Kier molecular flexibility index (Phi) is 2.65. The second kappa shape index (κ2) is 4.35. The van der Waals surface area contributed by atoms with E-state index in [9.17, 15) is 10.1 Å². The average molecular weight is 264 g/mol. The maximum atomic E-state index is 11.6. The summed E-state index contributed by atoms with van der Waals surface area (Å²) in [5, 5.41) is 14.5. The lowest BCUT2D eigenvalue weighted by Gasteiger charge is -2.05. The molecule has 2 heterocycles. The van der Waals surface area contributed by atoms with E-state index in [0.717, 1.165) is 22.2 Å². The van der Waals surface area contributed by atoms with E-state index in [4.69, 9.17) is 0 Å². The van der Waals surface area contributed by atoms with Crippen molar-refractivity contribution in [1.82, 2.24) is 14.8 Å². The number of nitrogens with zero attached hydrogens (tertiary/aromatic N) is 3. The molecule has 20 heavy (non-hydrogen) atoms. The molecule has 1 aromatic carbocycles. The lowest BCUT2D eigenvalue weighted by Crippen LogP contribution is -2.20. The molecule has 0 aliphatic rings. The summed E-state index contributed by atoms with van der Waals surface area (Å²) in [5.74, 6) is 0. The second-order valence-corrected chi connectivity index (χ2v) is 4.65. The molecule has 98 valence electrons. The van der Waals surface area contributed by atoms with Gasteiger partial charge in [0.05, 0.1) is 5.56 Å². The van der Waals surface area contributed by atoms with Crippen LogP contribution in [-0.4, -0.2) is 14.8 Å². The highest BCUT2D eigenvalue weighted by Crippen LogP contribution is 2.31. The monoisotopic (exact) mass is 264 g/mol. The molecule has 3 rings (SSSR count). The van der Waals surface area contributed by atoms with Crippen molar-refractivity contribution in [2.24, 2.45) is 7.05 Å². The number of fused-ring (bicyclic) bond motifs is 1. The fourth-order valence-corrected chi connectivity index (χ4v) is 2.39. The highest BCUT2D eigenvalue weighted by Gasteiger charge is 2.16. The van der Waals surface area contributed by atoms with E-state index in [1.54, 1.807) is 7.05 Å². The molecule has 0 unspecified atom stereocenters. The number of nitriles is 1. The Hall–Kier alpha value is -2.87. The van der Waals surface area contributed by atoms with Crippen molar-refractivity contribution in [3.63, 3.8) is 0 Å². The van der Waals surface area contributed by atoms with Gasteiger partial charge in [-0.1, -0.05) is 18.2 Å². The molecule has 0 bridgehead atoms. The molecule has 0 radical (unpaired) electrons. The summed E-state index contributed by atoms with van der Waals surface area (Å²) < 4.78 is 1.25. The summed E-state index contributed by atoms with van der Waals surface area (Å²) in [5.41, 5.74) is 3.31. The second-order valence-electron chi connectivity index (χ2n) is 4.65. The molecule has 0 aliphatic heterocycles. The zero-order valence-corrected chi connectivity index (χ0v) is 11.1. The van der Waals surface area contributed by atoms with Crippen molar-refractivity contribution in [1.29, 1.82) is 5.26 Å². The van der Waals surface area contributed by atoms with Gasteiger partial charge in [-0.05, 0) is 13.0 Å². The normalized spacial score (nSPS) is 10.7. The summed E-state index contributed by atoms with van der Waals surface area (Å²) in [7, 11) is 1.58. The predicted molar refractivity (Wildman–Crippen MR) is 76.2 cm³/mol. The Morgan fingerprint density at radius 2 is 2.10 bits per heavy atom. The lowest BCUT2D eigenvalue weighted by molar-refractivity contribution is 0.710. The average Bonchev–Trinajstić information content (AvgIpc) is 2.77. The Balaban J connectivity index is 2.43. The van der Waals surface area contributed by atoms with Gasteiger partial charge in [-0.3, -0.25) is 4.79 Å². The van der Waals surface area contributed by atoms with Gasteiger partial charge in [-0.15, -0.1) is 0 Å². The number of para-hydroxylation sites is 1. The molecule has 2 aromatic heterocycles. The fraction of sp³-hybridized carbons (Fsp3) is 0.133. The molecule has 5 heteroatoms. The van der Waals surface area contributed by atoms with Gasteiger partial charge in [-0.25, -0.2) is 4.68 Å². The van der Waals surface area contributed by atoms with E-state index in [1.807, 2.05) is 31.2 Å². The Morgan fingerprint density at radius 1 is 1.35 bits per heavy atom. The zero-order valence-electron chi connectivity index (χ0n) is 11.1. The lowest BCUT2D eigenvalue weighted by atomic mass is 10.0. The van der Waals surface area contributed by atoms with Crippen LogP contribution in [0.2, 0.25) is 0 Å². The van der Waals surface area contributed by atoms with Gasteiger partial charge in [0, 0.05) is 35.3 Å². The van der Waals surface area contributed by atoms with Crippen LogP contribution < -0.4 is 5.56 Å². The van der Waals surface area contributed by atoms with Crippen LogP contribution in [-0.2, 0) is 7.05 Å². The van der Waals surface area contributed by atoms with Crippen LogP contribution in [0, 0.1) is 18.3 Å². The maximum Gasteiger partial charge on any atom is 0.267 e. The zero-order chi connectivity index (χ0) is 14.3. The fourth-order valence-electron chi connectivity index (χ4n) is 2.39. The molecule has 0 amide bonds. The minimum Gasteiger partial charge on any atom is -0.358 e. The first kappa shape index (κ1) is 12.2. The first-order valence-corrected chi connectivity index (χ1v) is 6.18. The summed E-state index contributed by atoms with van der Waals surface area (Å²) in [4.78, 5) is 14.9. The molecule has 5 nitrogen and oxygen atoms in total. The van der Waals surface area contributed by atoms with E-state index in [0.29, 0.717) is 11.3 Å². The van der Waals surface area contributed by atoms with Crippen LogP contribution in [0.1, 0.15) is 11.3 Å². The minimum absolute atomic E-state index is 0.289. The molecule has 3 aromatic rings. The number of benzene rings is 1. The molecule has 0 atom stereocenters. The SMILES string of the molecule is Cc1[nH]c2ccccc2c1-c1nn(C)c(=O)cc1C#N. The van der Waals surface area contributed by atoms with E-state index < -0.39 is 0 Å². The molecule has 0 fully saturated rings. The van der Waals surface area contributed by atoms with Gasteiger partial charge >= 0.3 is 0 Å². The van der Waals surface area contributed by atoms with Crippen LogP contribution in [0.3, 0.4) is 0 Å². The first-order valence-electron chi connectivity index (χ1n) is 6.18. The number of H-pyrrole nitrogens is 1. The number of aromatic amines is 1. The topological polar surface area (TPSA) is 74.5 Å². The maximum absolute atomic E-state index is 11.6. The van der Waals surface area contributed by atoms with Crippen LogP contribution in [0.4, 0.5) is 0 Å². The van der Waals surface area contributed by atoms with Crippen LogP contribution in [0.25, 0.3) is 22.2 Å². The molecule has 0 saturated heterocycles. The number of aromatic nitrogens is 3. The van der Waals surface area contributed by atoms with Crippen molar-refractivity contribution in [2.45, 2.75) is 6.92 Å². The van der Waals surface area contributed by atoms with Gasteiger partial charge < -0.3 is 4.98 Å². The summed E-state index contributed by atoms with van der Waals surface area (Å²) >= 11 is 0. The summed E-state index contributed by atoms with van der Waals surface area (Å²) in [6, 6.07) is 11.2. The smallest absolute Gasteiger partial charge is 0.267 e. The quantitative estimate of drug-likeness (QED) is 0.731.